The SMILES string of the molecule is CCN1C(=O)CCC12CCCN(Cc1cnn(CC)c1)CC2. The summed E-state index contributed by atoms with van der Waals surface area (Å²) in [6, 6.07) is 0. The Kier molecular flexibility index (Phi) is 4.52. The molecule has 0 aliphatic carbocycles. The number of nitrogens with zero attached hydrogens (tertiary/aromatic N) is 4. The predicted octanol–water partition coefficient (Wildman–Crippen LogP) is 2.27. The van der Waals surface area contributed by atoms with Crippen molar-refractivity contribution >= 4 is 5.91 Å². The van der Waals surface area contributed by atoms with Crippen LogP contribution in [0.5, 0.6) is 0 Å². The maximum Gasteiger partial charge on any atom is 0.223 e. The number of hydrogen-bond acceptors (Lipinski definition) is 3. The van der Waals surface area contributed by atoms with Crippen molar-refractivity contribution in [3.63, 3.8) is 0 Å². The fourth-order valence-electron chi connectivity index (χ4n) is 4.22. The molecule has 2 fully saturated rings. The second-order valence-electron chi connectivity index (χ2n) is 6.70. The normalized spacial score (nSPS) is 26.8. The van der Waals surface area contributed by atoms with Crippen molar-refractivity contribution in [2.45, 2.75) is 64.6 Å². The van der Waals surface area contributed by atoms with E-state index in [1.165, 1.54) is 12.0 Å². The third-order valence-corrected chi connectivity index (χ3v) is 5.42. The second kappa shape index (κ2) is 6.41. The molecule has 2 saturated heterocycles. The Morgan fingerprint density at radius 2 is 2.05 bits per heavy atom. The van der Waals surface area contributed by atoms with Gasteiger partial charge in [-0.05, 0) is 46.1 Å². The third-order valence-electron chi connectivity index (χ3n) is 5.42. The van der Waals surface area contributed by atoms with Crippen molar-refractivity contribution in [2.24, 2.45) is 0 Å². The molecule has 2 aliphatic heterocycles. The summed E-state index contributed by atoms with van der Waals surface area (Å²) < 4.78 is 1.99. The van der Waals surface area contributed by atoms with Gasteiger partial charge in [-0.2, -0.15) is 5.10 Å². The van der Waals surface area contributed by atoms with Gasteiger partial charge >= 0.3 is 0 Å². The van der Waals surface area contributed by atoms with E-state index in [-0.39, 0.29) is 5.54 Å². The zero-order valence-corrected chi connectivity index (χ0v) is 13.9. The molecule has 0 radical (unpaired) electrons. The van der Waals surface area contributed by atoms with E-state index in [9.17, 15) is 4.79 Å². The molecule has 5 heteroatoms. The smallest absolute Gasteiger partial charge is 0.223 e. The Hall–Kier alpha value is -1.36. The topological polar surface area (TPSA) is 41.4 Å². The molecular weight excluding hydrogens is 276 g/mol. The molecule has 2 aliphatic rings. The van der Waals surface area contributed by atoms with Crippen LogP contribution >= 0.6 is 0 Å². The van der Waals surface area contributed by atoms with E-state index < -0.39 is 0 Å². The number of hydrogen-bond donors (Lipinski definition) is 0. The van der Waals surface area contributed by atoms with Gasteiger partial charge in [0.05, 0.1) is 6.20 Å². The van der Waals surface area contributed by atoms with Crippen LogP contribution in [-0.4, -0.2) is 50.7 Å². The number of amides is 1. The maximum atomic E-state index is 12.1. The van der Waals surface area contributed by atoms with E-state index in [1.807, 2.05) is 10.9 Å². The van der Waals surface area contributed by atoms with E-state index in [2.05, 4.69) is 34.9 Å². The average Bonchev–Trinajstić information content (AvgIpc) is 3.03. The Morgan fingerprint density at radius 3 is 2.77 bits per heavy atom. The summed E-state index contributed by atoms with van der Waals surface area (Å²) in [6.45, 7) is 9.22. The van der Waals surface area contributed by atoms with Crippen LogP contribution < -0.4 is 0 Å². The van der Waals surface area contributed by atoms with Crippen molar-refractivity contribution in [3.8, 4) is 0 Å². The van der Waals surface area contributed by atoms with Crippen LogP contribution in [0.1, 0.15) is 51.5 Å². The molecule has 122 valence electrons. The number of carbonyl (C=O) groups excluding carboxylic acids is 1. The number of aromatic nitrogens is 2. The Balaban J connectivity index is 1.63. The number of rotatable bonds is 4. The molecule has 1 spiro atoms. The fourth-order valence-corrected chi connectivity index (χ4v) is 4.22. The molecule has 0 N–H and O–H groups in total. The lowest BCUT2D eigenvalue weighted by atomic mass is 9.88. The van der Waals surface area contributed by atoms with Crippen LogP contribution in [0.2, 0.25) is 0 Å². The lowest BCUT2D eigenvalue weighted by Gasteiger charge is -2.37. The van der Waals surface area contributed by atoms with Gasteiger partial charge in [0.1, 0.15) is 0 Å². The van der Waals surface area contributed by atoms with Gasteiger partial charge in [-0.25, -0.2) is 0 Å². The minimum atomic E-state index is 0.147. The second-order valence-corrected chi connectivity index (χ2v) is 6.70. The van der Waals surface area contributed by atoms with Gasteiger partial charge in [0.15, 0.2) is 0 Å². The van der Waals surface area contributed by atoms with E-state index in [0.29, 0.717) is 5.91 Å². The molecule has 1 amide bonds. The summed E-state index contributed by atoms with van der Waals surface area (Å²) in [6.07, 6.45) is 9.41. The van der Waals surface area contributed by atoms with Gasteiger partial charge in [-0.3, -0.25) is 14.4 Å². The molecule has 1 unspecified atom stereocenters. The van der Waals surface area contributed by atoms with Crippen molar-refractivity contribution in [3.05, 3.63) is 18.0 Å². The molecule has 5 nitrogen and oxygen atoms in total. The highest BCUT2D eigenvalue weighted by atomic mass is 16.2. The lowest BCUT2D eigenvalue weighted by Crippen LogP contribution is -2.46. The Morgan fingerprint density at radius 1 is 1.18 bits per heavy atom. The molecule has 1 aromatic heterocycles. The van der Waals surface area contributed by atoms with Gasteiger partial charge in [-0.1, -0.05) is 0 Å². The fraction of sp³-hybridized carbons (Fsp3) is 0.765. The first-order chi connectivity index (χ1) is 10.7. The summed E-state index contributed by atoms with van der Waals surface area (Å²) in [5.74, 6) is 0.361. The zero-order chi connectivity index (χ0) is 15.6. The van der Waals surface area contributed by atoms with Gasteiger partial charge in [0, 0.05) is 49.9 Å². The molecule has 3 rings (SSSR count). The minimum Gasteiger partial charge on any atom is -0.337 e. The molecule has 0 bridgehead atoms. The van der Waals surface area contributed by atoms with Crippen LogP contribution in [0.25, 0.3) is 0 Å². The largest absolute Gasteiger partial charge is 0.337 e. The van der Waals surface area contributed by atoms with Gasteiger partial charge < -0.3 is 4.90 Å². The number of aryl methyl sites for hydroxylation is 1. The van der Waals surface area contributed by atoms with E-state index in [4.69, 9.17) is 0 Å². The van der Waals surface area contributed by atoms with Crippen molar-refractivity contribution in [1.82, 2.24) is 19.6 Å². The molecule has 3 heterocycles. The van der Waals surface area contributed by atoms with E-state index >= 15 is 0 Å². The Bertz CT molecular complexity index is 526. The van der Waals surface area contributed by atoms with Crippen molar-refractivity contribution in [2.75, 3.05) is 19.6 Å². The summed E-state index contributed by atoms with van der Waals surface area (Å²) in [5.41, 5.74) is 1.45. The predicted molar refractivity (Wildman–Crippen MR) is 86.4 cm³/mol. The summed E-state index contributed by atoms with van der Waals surface area (Å²) in [5, 5.41) is 4.37. The van der Waals surface area contributed by atoms with Gasteiger partial charge in [0.2, 0.25) is 5.91 Å². The molecule has 22 heavy (non-hydrogen) atoms. The van der Waals surface area contributed by atoms with Crippen LogP contribution in [0.4, 0.5) is 0 Å². The molecular formula is C17H28N4O. The van der Waals surface area contributed by atoms with E-state index in [0.717, 1.165) is 58.4 Å². The highest BCUT2D eigenvalue weighted by Crippen LogP contribution is 2.38. The summed E-state index contributed by atoms with van der Waals surface area (Å²) in [7, 11) is 0. The lowest BCUT2D eigenvalue weighted by molar-refractivity contribution is -0.131. The summed E-state index contributed by atoms with van der Waals surface area (Å²) >= 11 is 0. The van der Waals surface area contributed by atoms with Gasteiger partial charge in [0.25, 0.3) is 0 Å². The quantitative estimate of drug-likeness (QED) is 0.857. The number of carbonyl (C=O) groups is 1. The third kappa shape index (κ3) is 2.91. The summed E-state index contributed by atoms with van der Waals surface area (Å²) in [4.78, 5) is 16.8. The Labute approximate surface area is 133 Å². The average molecular weight is 304 g/mol. The molecule has 1 aromatic rings. The zero-order valence-electron chi connectivity index (χ0n) is 13.9. The van der Waals surface area contributed by atoms with Gasteiger partial charge in [-0.15, -0.1) is 0 Å². The van der Waals surface area contributed by atoms with Crippen LogP contribution in [0.15, 0.2) is 12.4 Å². The van der Waals surface area contributed by atoms with Crippen LogP contribution in [-0.2, 0) is 17.9 Å². The first-order valence-electron chi connectivity index (χ1n) is 8.71. The molecule has 0 saturated carbocycles. The van der Waals surface area contributed by atoms with Crippen LogP contribution in [0.3, 0.4) is 0 Å². The molecule has 0 aromatic carbocycles. The minimum absolute atomic E-state index is 0.147. The highest BCUT2D eigenvalue weighted by molar-refractivity contribution is 5.79. The van der Waals surface area contributed by atoms with Crippen LogP contribution in [0, 0.1) is 0 Å². The van der Waals surface area contributed by atoms with Crippen molar-refractivity contribution < 1.29 is 4.79 Å². The van der Waals surface area contributed by atoms with Crippen molar-refractivity contribution in [1.29, 1.82) is 0 Å². The first-order valence-corrected chi connectivity index (χ1v) is 8.71. The highest BCUT2D eigenvalue weighted by Gasteiger charge is 2.44. The standard InChI is InChI=1S/C17H28N4O/c1-3-20-14-15(12-18-20)13-19-10-5-7-17(9-11-19)8-6-16(22)21(17)4-2/h12,14H,3-11,13H2,1-2H3. The monoisotopic (exact) mass is 304 g/mol. The first kappa shape index (κ1) is 15.5. The van der Waals surface area contributed by atoms with E-state index in [1.54, 1.807) is 0 Å². The molecule has 1 atom stereocenters. The number of likely N-dealkylation sites (tertiary alicyclic amines) is 2. The maximum absolute atomic E-state index is 12.1.